The van der Waals surface area contributed by atoms with Crippen LogP contribution in [0.2, 0.25) is 0 Å². The van der Waals surface area contributed by atoms with E-state index in [1.54, 1.807) is 18.2 Å². The first kappa shape index (κ1) is 15.2. The second kappa shape index (κ2) is 5.66. The fraction of sp³-hybridized carbons (Fsp3) is 0.0769. The number of aromatic amines is 1. The van der Waals surface area contributed by atoms with Crippen molar-refractivity contribution in [2.75, 3.05) is 11.6 Å². The van der Waals surface area contributed by atoms with E-state index in [0.717, 1.165) is 6.26 Å². The van der Waals surface area contributed by atoms with E-state index in [2.05, 4.69) is 10.3 Å². The maximum Gasteiger partial charge on any atom is 0.252 e. The Morgan fingerprint density at radius 1 is 1.19 bits per heavy atom. The molecule has 0 spiro atoms. The van der Waals surface area contributed by atoms with Crippen LogP contribution in [0.4, 0.5) is 11.5 Å². The van der Waals surface area contributed by atoms with Crippen molar-refractivity contribution in [2.24, 2.45) is 5.73 Å². The Morgan fingerprint density at radius 2 is 1.81 bits per heavy atom. The number of primary amides is 1. The topological polar surface area (TPSA) is 105 Å². The van der Waals surface area contributed by atoms with Gasteiger partial charge in [-0.3, -0.25) is 4.79 Å². The third kappa shape index (κ3) is 3.67. The molecule has 4 N–H and O–H groups in total. The summed E-state index contributed by atoms with van der Waals surface area (Å²) in [5.41, 5.74) is 6.15. The standard InChI is InChI=1S/C13H13N3O3S2/c1-21(18,19)9-4-2-8(3-5-9)15-13-10(12(14)17)6-7-11(20)16-13/h2-7H,1H3,(H2,14,17)(H2,15,16,20). The van der Waals surface area contributed by atoms with Crippen molar-refractivity contribution in [2.45, 2.75) is 4.90 Å². The highest BCUT2D eigenvalue weighted by Gasteiger charge is 2.10. The molecular weight excluding hydrogens is 310 g/mol. The van der Waals surface area contributed by atoms with Crippen molar-refractivity contribution < 1.29 is 13.2 Å². The van der Waals surface area contributed by atoms with Crippen molar-refractivity contribution in [1.29, 1.82) is 0 Å². The molecule has 0 saturated carbocycles. The van der Waals surface area contributed by atoms with Crippen molar-refractivity contribution in [1.82, 2.24) is 4.98 Å². The van der Waals surface area contributed by atoms with Crippen LogP contribution in [0.15, 0.2) is 41.3 Å². The van der Waals surface area contributed by atoms with Gasteiger partial charge in [-0.25, -0.2) is 8.42 Å². The van der Waals surface area contributed by atoms with Crippen LogP contribution in [0, 0.1) is 4.64 Å². The minimum absolute atomic E-state index is 0.212. The van der Waals surface area contributed by atoms with Crippen LogP contribution >= 0.6 is 12.2 Å². The fourth-order valence-corrected chi connectivity index (χ4v) is 2.51. The molecule has 1 aromatic heterocycles. The number of anilines is 2. The highest BCUT2D eigenvalue weighted by Crippen LogP contribution is 2.20. The predicted molar refractivity (Wildman–Crippen MR) is 83.0 cm³/mol. The van der Waals surface area contributed by atoms with Crippen molar-refractivity contribution in [3.8, 4) is 0 Å². The van der Waals surface area contributed by atoms with Gasteiger partial charge in [0.1, 0.15) is 10.5 Å². The summed E-state index contributed by atoms with van der Waals surface area (Å²) in [4.78, 5) is 14.4. The summed E-state index contributed by atoms with van der Waals surface area (Å²) in [6.45, 7) is 0. The lowest BCUT2D eigenvalue weighted by Gasteiger charge is -2.10. The first-order chi connectivity index (χ1) is 9.77. The lowest BCUT2D eigenvalue weighted by molar-refractivity contribution is 0.100. The molecule has 1 amide bonds. The molecule has 0 unspecified atom stereocenters. The summed E-state index contributed by atoms with van der Waals surface area (Å²) in [5.74, 6) is -0.237. The Morgan fingerprint density at radius 3 is 2.33 bits per heavy atom. The Balaban J connectivity index is 2.37. The van der Waals surface area contributed by atoms with Gasteiger partial charge in [0.2, 0.25) is 0 Å². The van der Waals surface area contributed by atoms with E-state index in [-0.39, 0.29) is 10.5 Å². The van der Waals surface area contributed by atoms with E-state index >= 15 is 0 Å². The maximum absolute atomic E-state index is 11.4. The lowest BCUT2D eigenvalue weighted by Crippen LogP contribution is -2.14. The molecule has 8 heteroatoms. The molecule has 0 aliphatic rings. The Labute approximate surface area is 126 Å². The minimum atomic E-state index is -3.25. The number of H-pyrrole nitrogens is 1. The monoisotopic (exact) mass is 323 g/mol. The van der Waals surface area contributed by atoms with Crippen molar-refractivity contribution in [3.05, 3.63) is 46.6 Å². The number of sulfone groups is 1. The van der Waals surface area contributed by atoms with Crippen LogP contribution in [-0.2, 0) is 9.84 Å². The Kier molecular flexibility index (Phi) is 4.10. The molecule has 2 aromatic rings. The number of nitrogens with two attached hydrogens (primary N) is 1. The van der Waals surface area contributed by atoms with E-state index in [0.29, 0.717) is 16.1 Å². The number of hydrogen-bond donors (Lipinski definition) is 3. The molecule has 0 bridgehead atoms. The van der Waals surface area contributed by atoms with Crippen LogP contribution < -0.4 is 11.1 Å². The molecular formula is C13H13N3O3S2. The molecule has 0 radical (unpaired) electrons. The number of benzene rings is 1. The van der Waals surface area contributed by atoms with Gasteiger partial charge in [-0.2, -0.15) is 0 Å². The van der Waals surface area contributed by atoms with Crippen molar-refractivity contribution >= 4 is 39.5 Å². The number of hydrogen-bond acceptors (Lipinski definition) is 5. The van der Waals surface area contributed by atoms with Gasteiger partial charge >= 0.3 is 0 Å². The lowest BCUT2D eigenvalue weighted by atomic mass is 10.2. The third-order valence-corrected chi connectivity index (χ3v) is 4.10. The predicted octanol–water partition coefficient (Wildman–Crippen LogP) is 1.99. The molecule has 0 saturated heterocycles. The van der Waals surface area contributed by atoms with Gasteiger partial charge in [0.25, 0.3) is 5.91 Å². The Bertz CT molecular complexity index is 840. The van der Waals surface area contributed by atoms with Crippen LogP contribution in [0.5, 0.6) is 0 Å². The van der Waals surface area contributed by atoms with E-state index < -0.39 is 15.7 Å². The summed E-state index contributed by atoms with van der Waals surface area (Å²) in [5, 5.41) is 2.96. The molecule has 0 fully saturated rings. The molecule has 2 rings (SSSR count). The van der Waals surface area contributed by atoms with Crippen LogP contribution in [-0.4, -0.2) is 25.6 Å². The van der Waals surface area contributed by atoms with Gasteiger partial charge in [0.05, 0.1) is 10.5 Å². The van der Waals surface area contributed by atoms with Gasteiger partial charge in [-0.1, -0.05) is 12.2 Å². The molecule has 1 aromatic carbocycles. The van der Waals surface area contributed by atoms with E-state index in [4.69, 9.17) is 18.0 Å². The Hall–Kier alpha value is -2.19. The second-order valence-corrected chi connectivity index (χ2v) is 6.85. The van der Waals surface area contributed by atoms with Crippen LogP contribution in [0.25, 0.3) is 0 Å². The smallest absolute Gasteiger partial charge is 0.252 e. The molecule has 1 heterocycles. The zero-order chi connectivity index (χ0) is 15.6. The number of carbonyl (C=O) groups is 1. The number of amides is 1. The number of pyridine rings is 1. The highest BCUT2D eigenvalue weighted by atomic mass is 32.2. The molecule has 6 nitrogen and oxygen atoms in total. The van der Waals surface area contributed by atoms with Gasteiger partial charge in [0.15, 0.2) is 9.84 Å². The fourth-order valence-electron chi connectivity index (χ4n) is 1.71. The zero-order valence-corrected chi connectivity index (χ0v) is 12.7. The van der Waals surface area contributed by atoms with Gasteiger partial charge in [-0.05, 0) is 36.4 Å². The summed E-state index contributed by atoms with van der Waals surface area (Å²) in [7, 11) is -3.25. The number of nitrogens with one attached hydrogen (secondary N) is 2. The molecule has 21 heavy (non-hydrogen) atoms. The average molecular weight is 323 g/mol. The maximum atomic E-state index is 11.4. The molecule has 0 aliphatic carbocycles. The minimum Gasteiger partial charge on any atom is -0.365 e. The van der Waals surface area contributed by atoms with E-state index in [9.17, 15) is 13.2 Å². The van der Waals surface area contributed by atoms with Gasteiger partial charge < -0.3 is 16.0 Å². The summed E-state index contributed by atoms with van der Waals surface area (Å²) in [6.07, 6.45) is 1.13. The third-order valence-electron chi connectivity index (χ3n) is 2.74. The molecule has 0 aliphatic heterocycles. The first-order valence-corrected chi connectivity index (χ1v) is 8.17. The summed E-state index contributed by atoms with van der Waals surface area (Å²) in [6, 6.07) is 9.20. The van der Waals surface area contributed by atoms with E-state index in [1.165, 1.54) is 18.2 Å². The van der Waals surface area contributed by atoms with Gasteiger partial charge in [-0.15, -0.1) is 0 Å². The number of rotatable bonds is 4. The highest BCUT2D eigenvalue weighted by molar-refractivity contribution is 7.90. The van der Waals surface area contributed by atoms with Crippen molar-refractivity contribution in [3.63, 3.8) is 0 Å². The first-order valence-electron chi connectivity index (χ1n) is 5.87. The number of aromatic nitrogens is 1. The summed E-state index contributed by atoms with van der Waals surface area (Å²) >= 11 is 5.00. The largest absolute Gasteiger partial charge is 0.365 e. The normalized spacial score (nSPS) is 11.1. The zero-order valence-electron chi connectivity index (χ0n) is 11.1. The summed E-state index contributed by atoms with van der Waals surface area (Å²) < 4.78 is 23.2. The van der Waals surface area contributed by atoms with Crippen LogP contribution in [0.1, 0.15) is 10.4 Å². The average Bonchev–Trinajstić information content (AvgIpc) is 2.38. The SMILES string of the molecule is CS(=O)(=O)c1ccc(Nc2[nH]c(=S)ccc2C(N)=O)cc1. The number of carbonyl (C=O) groups excluding carboxylic acids is 1. The van der Waals surface area contributed by atoms with Gasteiger partial charge in [0, 0.05) is 11.9 Å². The molecule has 110 valence electrons. The second-order valence-electron chi connectivity index (χ2n) is 4.40. The quantitative estimate of drug-likeness (QED) is 0.746. The van der Waals surface area contributed by atoms with E-state index in [1.807, 2.05) is 0 Å². The van der Waals surface area contributed by atoms with Crippen LogP contribution in [0.3, 0.4) is 0 Å². The molecule has 0 atom stereocenters.